The van der Waals surface area contributed by atoms with Crippen LogP contribution in [0.25, 0.3) is 11.0 Å². The lowest BCUT2D eigenvalue weighted by Gasteiger charge is -2.33. The number of halogens is 3. The summed E-state index contributed by atoms with van der Waals surface area (Å²) in [6, 6.07) is 12.7. The minimum Gasteiger partial charge on any atom is -0.370 e. The second-order valence-electron chi connectivity index (χ2n) is 8.91. The molecule has 2 saturated heterocycles. The van der Waals surface area contributed by atoms with Gasteiger partial charge in [0.1, 0.15) is 11.9 Å². The molecule has 0 saturated carbocycles. The maximum atomic E-state index is 13.3. The van der Waals surface area contributed by atoms with Gasteiger partial charge in [-0.2, -0.15) is 13.2 Å². The summed E-state index contributed by atoms with van der Waals surface area (Å²) in [5.74, 6) is 0.589. The molecule has 34 heavy (non-hydrogen) atoms. The largest absolute Gasteiger partial charge is 0.416 e. The van der Waals surface area contributed by atoms with Gasteiger partial charge in [0, 0.05) is 25.7 Å². The zero-order valence-corrected chi connectivity index (χ0v) is 19.4. The van der Waals surface area contributed by atoms with E-state index in [1.807, 2.05) is 22.8 Å². The number of ether oxygens (including phenoxy) is 1. The van der Waals surface area contributed by atoms with Crippen LogP contribution in [0.15, 0.2) is 48.5 Å². The molecule has 3 heterocycles. The summed E-state index contributed by atoms with van der Waals surface area (Å²) in [5, 5.41) is 0. The van der Waals surface area contributed by atoms with E-state index in [1.54, 1.807) is 12.1 Å². The van der Waals surface area contributed by atoms with Gasteiger partial charge in [-0.1, -0.05) is 30.3 Å². The van der Waals surface area contributed by atoms with Gasteiger partial charge >= 0.3 is 6.18 Å². The molecule has 6 nitrogen and oxygen atoms in total. The van der Waals surface area contributed by atoms with Gasteiger partial charge in [0.2, 0.25) is 10.0 Å². The molecular weight excluding hydrogens is 467 g/mol. The highest BCUT2D eigenvalue weighted by molar-refractivity contribution is 7.88. The highest BCUT2D eigenvalue weighted by atomic mass is 32.2. The number of sulfonamides is 1. The van der Waals surface area contributed by atoms with Gasteiger partial charge in [0.25, 0.3) is 0 Å². The van der Waals surface area contributed by atoms with Gasteiger partial charge in [0.05, 0.1) is 22.3 Å². The third-order valence-electron chi connectivity index (χ3n) is 6.64. The monoisotopic (exact) mass is 493 g/mol. The summed E-state index contributed by atoms with van der Waals surface area (Å²) >= 11 is 0. The first-order valence-electron chi connectivity index (χ1n) is 11.4. The molecule has 0 aliphatic carbocycles. The average Bonchev–Trinajstić information content (AvgIpc) is 3.46. The van der Waals surface area contributed by atoms with Gasteiger partial charge in [0.15, 0.2) is 0 Å². The summed E-state index contributed by atoms with van der Waals surface area (Å²) in [6.07, 6.45) is -1.96. The predicted molar refractivity (Wildman–Crippen MR) is 122 cm³/mol. The Balaban J connectivity index is 1.41. The summed E-state index contributed by atoms with van der Waals surface area (Å²) in [7, 11) is -3.46. The third kappa shape index (κ3) is 4.58. The molecule has 0 unspecified atom stereocenters. The van der Waals surface area contributed by atoms with E-state index in [4.69, 9.17) is 4.74 Å². The molecule has 2 aromatic carbocycles. The van der Waals surface area contributed by atoms with Gasteiger partial charge in [-0.3, -0.25) is 0 Å². The average molecular weight is 494 g/mol. The quantitative estimate of drug-likeness (QED) is 0.498. The second kappa shape index (κ2) is 8.98. The number of benzene rings is 2. The van der Waals surface area contributed by atoms with Crippen LogP contribution in [0.1, 0.15) is 54.8 Å². The second-order valence-corrected chi connectivity index (χ2v) is 10.9. The molecule has 0 bridgehead atoms. The van der Waals surface area contributed by atoms with Crippen molar-refractivity contribution in [2.45, 2.75) is 49.8 Å². The fourth-order valence-corrected chi connectivity index (χ4v) is 6.50. The van der Waals surface area contributed by atoms with Crippen molar-refractivity contribution in [3.8, 4) is 0 Å². The van der Waals surface area contributed by atoms with Crippen molar-refractivity contribution < 1.29 is 26.3 Å². The van der Waals surface area contributed by atoms with E-state index in [0.29, 0.717) is 49.4 Å². The normalized spacial score (nSPS) is 20.9. The molecule has 0 N–H and O–H groups in total. The fourth-order valence-electron chi connectivity index (χ4n) is 4.94. The van der Waals surface area contributed by atoms with Crippen molar-refractivity contribution in [3.63, 3.8) is 0 Å². The lowest BCUT2D eigenvalue weighted by atomic mass is 10.1. The van der Waals surface area contributed by atoms with Crippen molar-refractivity contribution >= 4 is 21.1 Å². The van der Waals surface area contributed by atoms with Crippen LogP contribution in [0.2, 0.25) is 0 Å². The highest BCUT2D eigenvalue weighted by Gasteiger charge is 2.35. The number of hydrogen-bond acceptors (Lipinski definition) is 4. The number of rotatable bonds is 5. The lowest BCUT2D eigenvalue weighted by Crippen LogP contribution is -2.40. The van der Waals surface area contributed by atoms with E-state index >= 15 is 0 Å². The lowest BCUT2D eigenvalue weighted by molar-refractivity contribution is -0.137. The van der Waals surface area contributed by atoms with Crippen LogP contribution < -0.4 is 0 Å². The van der Waals surface area contributed by atoms with E-state index in [1.165, 1.54) is 10.4 Å². The molecule has 0 amide bonds. The molecule has 2 aliphatic heterocycles. The molecular formula is C24H26F3N3O3S. The van der Waals surface area contributed by atoms with Crippen LogP contribution in [0.4, 0.5) is 13.2 Å². The predicted octanol–water partition coefficient (Wildman–Crippen LogP) is 5.07. The molecule has 1 aromatic heterocycles. The molecule has 182 valence electrons. The molecule has 2 aliphatic rings. The van der Waals surface area contributed by atoms with Crippen LogP contribution in [-0.2, 0) is 26.7 Å². The van der Waals surface area contributed by atoms with E-state index < -0.39 is 21.8 Å². The molecule has 1 atom stereocenters. The Hall–Kier alpha value is -2.43. The number of hydrogen-bond donors (Lipinski definition) is 0. The summed E-state index contributed by atoms with van der Waals surface area (Å²) < 4.78 is 75.0. The van der Waals surface area contributed by atoms with E-state index in [-0.39, 0.29) is 17.9 Å². The van der Waals surface area contributed by atoms with Crippen molar-refractivity contribution in [3.05, 3.63) is 65.5 Å². The van der Waals surface area contributed by atoms with Crippen LogP contribution in [0.5, 0.6) is 0 Å². The summed E-state index contributed by atoms with van der Waals surface area (Å²) in [6.45, 7) is 1.30. The van der Waals surface area contributed by atoms with Crippen molar-refractivity contribution in [2.75, 3.05) is 19.7 Å². The maximum Gasteiger partial charge on any atom is 0.416 e. The van der Waals surface area contributed by atoms with E-state index in [2.05, 4.69) is 4.98 Å². The Kier molecular flexibility index (Phi) is 6.16. The minimum atomic E-state index is -4.44. The van der Waals surface area contributed by atoms with Gasteiger partial charge in [-0.15, -0.1) is 0 Å². The molecule has 2 fully saturated rings. The highest BCUT2D eigenvalue weighted by Crippen LogP contribution is 2.38. The van der Waals surface area contributed by atoms with Crippen LogP contribution in [-0.4, -0.2) is 42.0 Å². The van der Waals surface area contributed by atoms with Crippen LogP contribution >= 0.6 is 0 Å². The Morgan fingerprint density at radius 1 is 1.03 bits per heavy atom. The van der Waals surface area contributed by atoms with E-state index in [0.717, 1.165) is 30.5 Å². The topological polar surface area (TPSA) is 64.4 Å². The standard InChI is InChI=1S/C24H26F3N3O3S/c25-24(26,27)18-8-9-21-20(15-18)28-23(22-7-4-14-33-22)30(21)19-10-12-29(13-11-19)34(31,32)16-17-5-2-1-3-6-17/h1-3,5-6,8-9,15,19,22H,4,7,10-14,16H2/t22-/m1/s1. The maximum absolute atomic E-state index is 13.3. The number of imidazole rings is 1. The van der Waals surface area contributed by atoms with Crippen molar-refractivity contribution in [1.82, 2.24) is 13.9 Å². The van der Waals surface area contributed by atoms with Crippen molar-refractivity contribution in [2.24, 2.45) is 0 Å². The number of alkyl halides is 3. The Morgan fingerprint density at radius 2 is 1.76 bits per heavy atom. The Labute approximate surface area is 196 Å². The summed E-state index contributed by atoms with van der Waals surface area (Å²) in [5.41, 5.74) is 0.931. The first-order chi connectivity index (χ1) is 16.2. The SMILES string of the molecule is O=S(=O)(Cc1ccccc1)N1CCC(n2c([C@H]3CCCO3)nc3cc(C(F)(F)F)ccc32)CC1. The molecule has 5 rings (SSSR count). The fraction of sp³-hybridized carbons (Fsp3) is 0.458. The minimum absolute atomic E-state index is 0.0477. The summed E-state index contributed by atoms with van der Waals surface area (Å²) in [4.78, 5) is 4.57. The zero-order chi connectivity index (χ0) is 23.9. The number of nitrogens with zero attached hydrogens (tertiary/aromatic N) is 3. The number of piperidine rings is 1. The Morgan fingerprint density at radius 3 is 2.41 bits per heavy atom. The number of aromatic nitrogens is 2. The molecule has 0 radical (unpaired) electrons. The van der Waals surface area contributed by atoms with Gasteiger partial charge in [-0.25, -0.2) is 17.7 Å². The zero-order valence-electron chi connectivity index (χ0n) is 18.5. The first kappa shape index (κ1) is 23.3. The Bertz CT molecular complexity index is 1260. The number of fused-ring (bicyclic) bond motifs is 1. The van der Waals surface area contributed by atoms with Crippen molar-refractivity contribution in [1.29, 1.82) is 0 Å². The smallest absolute Gasteiger partial charge is 0.370 e. The molecule has 0 spiro atoms. The first-order valence-corrected chi connectivity index (χ1v) is 13.1. The molecule has 10 heteroatoms. The molecule has 3 aromatic rings. The van der Waals surface area contributed by atoms with Gasteiger partial charge < -0.3 is 9.30 Å². The van der Waals surface area contributed by atoms with Crippen LogP contribution in [0, 0.1) is 0 Å². The van der Waals surface area contributed by atoms with Gasteiger partial charge in [-0.05, 0) is 49.4 Å². The third-order valence-corrected chi connectivity index (χ3v) is 8.49. The van der Waals surface area contributed by atoms with Crippen LogP contribution in [0.3, 0.4) is 0 Å². The van der Waals surface area contributed by atoms with E-state index in [9.17, 15) is 21.6 Å².